The molecular weight excluding hydrogens is 254 g/mol. The summed E-state index contributed by atoms with van der Waals surface area (Å²) in [6.07, 6.45) is 0. The average molecular weight is 267 g/mol. The third-order valence-electron chi connectivity index (χ3n) is 2.57. The Morgan fingerprint density at radius 3 is 2.65 bits per heavy atom. The van der Waals surface area contributed by atoms with Crippen LogP contribution in [-0.2, 0) is 0 Å². The van der Waals surface area contributed by atoms with Crippen LogP contribution in [0.25, 0.3) is 0 Å². The van der Waals surface area contributed by atoms with Gasteiger partial charge in [-0.1, -0.05) is 18.2 Å². The van der Waals surface area contributed by atoms with Crippen molar-refractivity contribution in [1.29, 1.82) is 5.26 Å². The highest BCUT2D eigenvalue weighted by Crippen LogP contribution is 2.23. The molecule has 5 heteroatoms. The Balaban J connectivity index is 2.29. The lowest BCUT2D eigenvalue weighted by Gasteiger charge is -2.11. The summed E-state index contributed by atoms with van der Waals surface area (Å²) in [5.41, 5.74) is 0.709. The second kappa shape index (κ2) is 5.85. The summed E-state index contributed by atoms with van der Waals surface area (Å²) in [4.78, 5) is 17.4. The fourth-order valence-electron chi connectivity index (χ4n) is 1.58. The number of carbonyl (C=O) groups is 1. The van der Waals surface area contributed by atoms with Gasteiger partial charge < -0.3 is 9.64 Å². The number of nitriles is 1. The summed E-state index contributed by atoms with van der Waals surface area (Å²) < 4.78 is 5.57. The molecule has 20 heavy (non-hydrogen) atoms. The Morgan fingerprint density at radius 2 is 1.95 bits per heavy atom. The molecule has 0 fully saturated rings. The molecule has 100 valence electrons. The van der Waals surface area contributed by atoms with E-state index in [4.69, 9.17) is 10.00 Å². The number of ether oxygens (including phenoxy) is 1. The molecule has 5 nitrogen and oxygen atoms in total. The van der Waals surface area contributed by atoms with Crippen molar-refractivity contribution in [3.05, 3.63) is 53.7 Å². The second-order valence-electron chi connectivity index (χ2n) is 4.27. The number of pyridine rings is 1. The number of benzene rings is 1. The number of aromatic nitrogens is 1. The standard InChI is InChI=1S/C15H13N3O2/c1-18(2)15(19)12-7-5-9-14(17-12)20-13-8-4-3-6-11(13)10-16/h3-9H,1-2H3. The van der Waals surface area contributed by atoms with Gasteiger partial charge in [-0.05, 0) is 18.2 Å². The first-order chi connectivity index (χ1) is 9.61. The van der Waals surface area contributed by atoms with Gasteiger partial charge in [-0.15, -0.1) is 0 Å². The smallest absolute Gasteiger partial charge is 0.272 e. The quantitative estimate of drug-likeness (QED) is 0.856. The van der Waals surface area contributed by atoms with E-state index >= 15 is 0 Å². The molecule has 2 rings (SSSR count). The van der Waals surface area contributed by atoms with Crippen molar-refractivity contribution in [2.75, 3.05) is 14.1 Å². The summed E-state index contributed by atoms with van der Waals surface area (Å²) in [5, 5.41) is 9.00. The van der Waals surface area contributed by atoms with E-state index in [1.165, 1.54) is 4.90 Å². The van der Waals surface area contributed by atoms with E-state index in [1.807, 2.05) is 6.07 Å². The van der Waals surface area contributed by atoms with Gasteiger partial charge in [-0.25, -0.2) is 4.98 Å². The number of nitrogens with zero attached hydrogens (tertiary/aromatic N) is 3. The SMILES string of the molecule is CN(C)C(=O)c1cccc(Oc2ccccc2C#N)n1. The molecule has 0 radical (unpaired) electrons. The topological polar surface area (TPSA) is 66.2 Å². The maximum atomic E-state index is 11.8. The highest BCUT2D eigenvalue weighted by Gasteiger charge is 2.11. The van der Waals surface area contributed by atoms with Crippen molar-refractivity contribution < 1.29 is 9.53 Å². The first-order valence-corrected chi connectivity index (χ1v) is 5.97. The molecule has 1 aromatic carbocycles. The first kappa shape index (κ1) is 13.6. The summed E-state index contributed by atoms with van der Waals surface area (Å²) >= 11 is 0. The molecule has 0 N–H and O–H groups in total. The predicted octanol–water partition coefficient (Wildman–Crippen LogP) is 2.45. The maximum Gasteiger partial charge on any atom is 0.272 e. The lowest BCUT2D eigenvalue weighted by Crippen LogP contribution is -2.22. The van der Waals surface area contributed by atoms with E-state index in [0.717, 1.165) is 0 Å². The lowest BCUT2D eigenvalue weighted by molar-refractivity contribution is 0.0821. The molecule has 0 saturated heterocycles. The van der Waals surface area contributed by atoms with E-state index in [-0.39, 0.29) is 11.8 Å². The normalized spacial score (nSPS) is 9.65. The van der Waals surface area contributed by atoms with Gasteiger partial charge in [0.25, 0.3) is 5.91 Å². The third kappa shape index (κ3) is 2.93. The molecule has 1 heterocycles. The number of para-hydroxylation sites is 1. The van der Waals surface area contributed by atoms with Crippen molar-refractivity contribution in [2.45, 2.75) is 0 Å². The molecule has 0 aliphatic carbocycles. The van der Waals surface area contributed by atoms with Gasteiger partial charge in [0, 0.05) is 20.2 Å². The summed E-state index contributed by atoms with van der Waals surface area (Å²) in [5.74, 6) is 0.487. The van der Waals surface area contributed by atoms with Crippen LogP contribution in [0.5, 0.6) is 11.6 Å². The Hall–Kier alpha value is -2.87. The Morgan fingerprint density at radius 1 is 1.20 bits per heavy atom. The monoisotopic (exact) mass is 267 g/mol. The summed E-state index contributed by atoms with van der Waals surface area (Å²) in [6, 6.07) is 13.8. The van der Waals surface area contributed by atoms with E-state index < -0.39 is 0 Å². The number of carbonyl (C=O) groups excluding carboxylic acids is 1. The fraction of sp³-hybridized carbons (Fsp3) is 0.133. The molecule has 1 aromatic heterocycles. The zero-order chi connectivity index (χ0) is 14.5. The number of amides is 1. The van der Waals surface area contributed by atoms with E-state index in [9.17, 15) is 4.79 Å². The molecule has 1 amide bonds. The highest BCUT2D eigenvalue weighted by molar-refractivity contribution is 5.92. The molecule has 0 spiro atoms. The van der Waals surface area contributed by atoms with Gasteiger partial charge >= 0.3 is 0 Å². The van der Waals surface area contributed by atoms with Gasteiger partial charge in [0.15, 0.2) is 0 Å². The summed E-state index contributed by atoms with van der Waals surface area (Å²) in [7, 11) is 3.31. The molecular formula is C15H13N3O2. The largest absolute Gasteiger partial charge is 0.438 e. The number of hydrogen-bond acceptors (Lipinski definition) is 4. The minimum absolute atomic E-state index is 0.205. The van der Waals surface area contributed by atoms with Gasteiger partial charge in [0.05, 0.1) is 5.56 Å². The van der Waals surface area contributed by atoms with E-state index in [2.05, 4.69) is 4.98 Å². The van der Waals surface area contributed by atoms with Gasteiger partial charge in [0.1, 0.15) is 17.5 Å². The van der Waals surface area contributed by atoms with E-state index in [0.29, 0.717) is 17.0 Å². The first-order valence-electron chi connectivity index (χ1n) is 5.97. The third-order valence-corrected chi connectivity index (χ3v) is 2.57. The van der Waals surface area contributed by atoms with E-state index in [1.54, 1.807) is 56.6 Å². The van der Waals surface area contributed by atoms with Crippen LogP contribution in [0.1, 0.15) is 16.1 Å². The number of hydrogen-bond donors (Lipinski definition) is 0. The summed E-state index contributed by atoms with van der Waals surface area (Å²) in [6.45, 7) is 0. The zero-order valence-electron chi connectivity index (χ0n) is 11.2. The minimum Gasteiger partial charge on any atom is -0.438 e. The van der Waals surface area contributed by atoms with Crippen molar-refractivity contribution in [1.82, 2.24) is 9.88 Å². The van der Waals surface area contributed by atoms with Crippen molar-refractivity contribution in [2.24, 2.45) is 0 Å². The molecule has 0 unspecified atom stereocenters. The van der Waals surface area contributed by atoms with Gasteiger partial charge in [-0.3, -0.25) is 4.79 Å². The molecule has 0 aliphatic rings. The Labute approximate surface area is 117 Å². The molecule has 0 bridgehead atoms. The predicted molar refractivity (Wildman–Crippen MR) is 73.5 cm³/mol. The Kier molecular flexibility index (Phi) is 3.96. The molecule has 0 aliphatic heterocycles. The van der Waals surface area contributed by atoms with Crippen LogP contribution in [0, 0.1) is 11.3 Å². The molecule has 0 saturated carbocycles. The van der Waals surface area contributed by atoms with Gasteiger partial charge in [-0.2, -0.15) is 5.26 Å². The van der Waals surface area contributed by atoms with Crippen LogP contribution in [0.3, 0.4) is 0 Å². The van der Waals surface area contributed by atoms with Crippen molar-refractivity contribution in [3.8, 4) is 17.7 Å². The lowest BCUT2D eigenvalue weighted by atomic mass is 10.2. The zero-order valence-corrected chi connectivity index (χ0v) is 11.2. The molecule has 0 atom stereocenters. The minimum atomic E-state index is -0.205. The van der Waals surface area contributed by atoms with Crippen molar-refractivity contribution >= 4 is 5.91 Å². The number of rotatable bonds is 3. The van der Waals surface area contributed by atoms with Crippen LogP contribution in [-0.4, -0.2) is 29.9 Å². The van der Waals surface area contributed by atoms with Gasteiger partial charge in [0.2, 0.25) is 5.88 Å². The van der Waals surface area contributed by atoms with Crippen LogP contribution < -0.4 is 4.74 Å². The van der Waals surface area contributed by atoms with Crippen molar-refractivity contribution in [3.63, 3.8) is 0 Å². The maximum absolute atomic E-state index is 11.8. The Bertz CT molecular complexity index is 675. The average Bonchev–Trinajstić information content (AvgIpc) is 2.47. The van der Waals surface area contributed by atoms with Crippen LogP contribution in [0.2, 0.25) is 0 Å². The molecule has 2 aromatic rings. The highest BCUT2D eigenvalue weighted by atomic mass is 16.5. The van der Waals surface area contributed by atoms with Crippen LogP contribution in [0.4, 0.5) is 0 Å². The van der Waals surface area contributed by atoms with Crippen LogP contribution >= 0.6 is 0 Å². The second-order valence-corrected chi connectivity index (χ2v) is 4.27. The fourth-order valence-corrected chi connectivity index (χ4v) is 1.58. The van der Waals surface area contributed by atoms with Crippen LogP contribution in [0.15, 0.2) is 42.5 Å².